The molecule has 4 heteroatoms. The lowest BCUT2D eigenvalue weighted by atomic mass is 9.96. The Hall–Kier alpha value is -2.07. The van der Waals surface area contributed by atoms with Crippen LogP contribution in [0, 0.1) is 6.92 Å². The predicted octanol–water partition coefficient (Wildman–Crippen LogP) is 2.78. The zero-order valence-electron chi connectivity index (χ0n) is 11.7. The average Bonchev–Trinajstić information content (AvgIpc) is 3.00. The quantitative estimate of drug-likeness (QED) is 0.898. The lowest BCUT2D eigenvalue weighted by Gasteiger charge is -2.18. The first-order valence-corrected chi connectivity index (χ1v) is 6.89. The van der Waals surface area contributed by atoms with Crippen LogP contribution in [0.3, 0.4) is 0 Å². The fraction of sp³-hybridized carbons (Fsp3) is 0.312. The number of fused-ring (bicyclic) bond motifs is 1. The normalized spacial score (nSPS) is 15.0. The second-order valence-corrected chi connectivity index (χ2v) is 5.06. The van der Waals surface area contributed by atoms with Crippen LogP contribution in [0.5, 0.6) is 0 Å². The summed E-state index contributed by atoms with van der Waals surface area (Å²) in [6.07, 6.45) is 2.18. The van der Waals surface area contributed by atoms with Crippen LogP contribution in [0.25, 0.3) is 0 Å². The molecular weight excluding hydrogens is 252 g/mol. The van der Waals surface area contributed by atoms with Gasteiger partial charge in [0.1, 0.15) is 5.76 Å². The third kappa shape index (κ3) is 2.23. The van der Waals surface area contributed by atoms with Gasteiger partial charge in [-0.1, -0.05) is 19.1 Å². The van der Waals surface area contributed by atoms with Gasteiger partial charge in [0.25, 0.3) is 0 Å². The van der Waals surface area contributed by atoms with Crippen molar-refractivity contribution in [2.45, 2.75) is 26.3 Å². The molecule has 2 aromatic rings. The van der Waals surface area contributed by atoms with Crippen LogP contribution < -0.4 is 10.6 Å². The monoisotopic (exact) mass is 270 g/mol. The van der Waals surface area contributed by atoms with Crippen LogP contribution in [0.1, 0.15) is 35.4 Å². The Balaban J connectivity index is 1.99. The predicted molar refractivity (Wildman–Crippen MR) is 77.7 cm³/mol. The highest BCUT2D eigenvalue weighted by atomic mass is 16.3. The van der Waals surface area contributed by atoms with E-state index in [0.29, 0.717) is 6.42 Å². The summed E-state index contributed by atoms with van der Waals surface area (Å²) >= 11 is 0. The van der Waals surface area contributed by atoms with Crippen molar-refractivity contribution in [2.24, 2.45) is 0 Å². The minimum absolute atomic E-state index is 0.0663. The molecule has 2 N–H and O–H groups in total. The van der Waals surface area contributed by atoms with E-state index in [1.54, 1.807) is 6.26 Å². The van der Waals surface area contributed by atoms with Crippen molar-refractivity contribution in [3.63, 3.8) is 0 Å². The van der Waals surface area contributed by atoms with Gasteiger partial charge in [0.2, 0.25) is 5.91 Å². The number of hydrogen-bond donors (Lipinski definition) is 2. The molecule has 1 atom stereocenters. The van der Waals surface area contributed by atoms with Gasteiger partial charge < -0.3 is 15.1 Å². The van der Waals surface area contributed by atoms with E-state index >= 15 is 0 Å². The minimum atomic E-state index is 0.0663. The number of hydrogen-bond acceptors (Lipinski definition) is 3. The van der Waals surface area contributed by atoms with Gasteiger partial charge in [-0.2, -0.15) is 0 Å². The number of anilines is 1. The van der Waals surface area contributed by atoms with Gasteiger partial charge in [0.05, 0.1) is 18.7 Å². The first-order valence-electron chi connectivity index (χ1n) is 6.89. The number of aryl methyl sites for hydroxylation is 1. The van der Waals surface area contributed by atoms with E-state index in [1.165, 1.54) is 0 Å². The first-order chi connectivity index (χ1) is 9.69. The van der Waals surface area contributed by atoms with Crippen LogP contribution in [-0.4, -0.2) is 12.5 Å². The number of rotatable bonds is 4. The second kappa shape index (κ2) is 5.13. The molecule has 0 aliphatic carbocycles. The molecule has 0 fully saturated rings. The number of benzene rings is 1. The Kier molecular flexibility index (Phi) is 3.32. The maximum absolute atomic E-state index is 11.4. The highest BCUT2D eigenvalue weighted by Crippen LogP contribution is 2.30. The van der Waals surface area contributed by atoms with E-state index in [-0.39, 0.29) is 11.9 Å². The van der Waals surface area contributed by atoms with Gasteiger partial charge in [0.15, 0.2) is 0 Å². The Morgan fingerprint density at radius 1 is 1.40 bits per heavy atom. The standard InChI is InChI=1S/C16H18N2O2/c1-3-17-16(13-6-7-20-10(13)2)11-4-5-14-12(8-11)9-15(19)18-14/h4-8,16-17H,3,9H2,1-2H3,(H,18,19). The molecule has 20 heavy (non-hydrogen) atoms. The number of amides is 1. The Bertz CT molecular complexity index is 646. The third-order valence-corrected chi connectivity index (χ3v) is 3.71. The van der Waals surface area contributed by atoms with Gasteiger partial charge in [-0.25, -0.2) is 0 Å². The summed E-state index contributed by atoms with van der Waals surface area (Å²) < 4.78 is 5.42. The molecule has 1 aromatic carbocycles. The summed E-state index contributed by atoms with van der Waals surface area (Å²) in [5.74, 6) is 0.988. The molecule has 3 rings (SSSR count). The fourth-order valence-corrected chi connectivity index (χ4v) is 2.73. The number of nitrogens with one attached hydrogen (secondary N) is 2. The van der Waals surface area contributed by atoms with Crippen molar-refractivity contribution >= 4 is 11.6 Å². The Morgan fingerprint density at radius 3 is 2.95 bits per heavy atom. The summed E-state index contributed by atoms with van der Waals surface area (Å²) in [7, 11) is 0. The molecule has 1 aliphatic heterocycles. The smallest absolute Gasteiger partial charge is 0.228 e. The molecule has 104 valence electrons. The number of furan rings is 1. The summed E-state index contributed by atoms with van der Waals surface area (Å²) in [5, 5.41) is 6.34. The summed E-state index contributed by atoms with van der Waals surface area (Å²) in [4.78, 5) is 11.4. The third-order valence-electron chi connectivity index (χ3n) is 3.71. The van der Waals surface area contributed by atoms with E-state index in [4.69, 9.17) is 4.42 Å². The van der Waals surface area contributed by atoms with E-state index in [9.17, 15) is 4.79 Å². The lowest BCUT2D eigenvalue weighted by molar-refractivity contribution is -0.115. The zero-order chi connectivity index (χ0) is 14.1. The lowest BCUT2D eigenvalue weighted by Crippen LogP contribution is -2.22. The van der Waals surface area contributed by atoms with Crippen LogP contribution >= 0.6 is 0 Å². The number of carbonyl (C=O) groups excluding carboxylic acids is 1. The summed E-state index contributed by atoms with van der Waals surface area (Å²) in [5.41, 5.74) is 4.30. The maximum Gasteiger partial charge on any atom is 0.228 e. The van der Waals surface area contributed by atoms with Crippen LogP contribution in [-0.2, 0) is 11.2 Å². The van der Waals surface area contributed by atoms with Crippen LogP contribution in [0.15, 0.2) is 34.9 Å². The summed E-state index contributed by atoms with van der Waals surface area (Å²) in [6, 6.07) is 8.24. The highest BCUT2D eigenvalue weighted by Gasteiger charge is 2.22. The summed E-state index contributed by atoms with van der Waals surface area (Å²) in [6.45, 7) is 4.92. The number of carbonyl (C=O) groups is 1. The van der Waals surface area contributed by atoms with Crippen molar-refractivity contribution in [1.82, 2.24) is 5.32 Å². The molecule has 1 amide bonds. The van der Waals surface area contributed by atoms with Crippen molar-refractivity contribution in [1.29, 1.82) is 0 Å². The van der Waals surface area contributed by atoms with Crippen LogP contribution in [0.4, 0.5) is 5.69 Å². The molecular formula is C16H18N2O2. The highest BCUT2D eigenvalue weighted by molar-refractivity contribution is 5.99. The van der Waals surface area contributed by atoms with E-state index in [0.717, 1.165) is 34.7 Å². The molecule has 0 saturated carbocycles. The van der Waals surface area contributed by atoms with Crippen molar-refractivity contribution in [2.75, 3.05) is 11.9 Å². The Morgan fingerprint density at radius 2 is 2.25 bits per heavy atom. The molecule has 0 spiro atoms. The van der Waals surface area contributed by atoms with Gasteiger partial charge >= 0.3 is 0 Å². The SMILES string of the molecule is CCNC(c1ccc2c(c1)CC(=O)N2)c1ccoc1C. The van der Waals surface area contributed by atoms with Crippen molar-refractivity contribution < 1.29 is 9.21 Å². The van der Waals surface area contributed by atoms with E-state index in [2.05, 4.69) is 29.7 Å². The van der Waals surface area contributed by atoms with E-state index < -0.39 is 0 Å². The molecule has 1 unspecified atom stereocenters. The van der Waals surface area contributed by atoms with E-state index in [1.807, 2.05) is 19.1 Å². The van der Waals surface area contributed by atoms with Crippen molar-refractivity contribution in [3.8, 4) is 0 Å². The molecule has 1 aliphatic rings. The topological polar surface area (TPSA) is 54.3 Å². The fourth-order valence-electron chi connectivity index (χ4n) is 2.73. The molecule has 0 bridgehead atoms. The molecule has 1 aromatic heterocycles. The van der Waals surface area contributed by atoms with Gasteiger partial charge in [-0.15, -0.1) is 0 Å². The molecule has 0 radical (unpaired) electrons. The second-order valence-electron chi connectivity index (χ2n) is 5.06. The van der Waals surface area contributed by atoms with Gasteiger partial charge in [0, 0.05) is 11.3 Å². The van der Waals surface area contributed by atoms with Crippen LogP contribution in [0.2, 0.25) is 0 Å². The largest absolute Gasteiger partial charge is 0.469 e. The van der Waals surface area contributed by atoms with Gasteiger partial charge in [-0.05, 0) is 36.7 Å². The average molecular weight is 270 g/mol. The maximum atomic E-state index is 11.4. The molecule has 0 saturated heterocycles. The minimum Gasteiger partial charge on any atom is -0.469 e. The molecule has 2 heterocycles. The molecule has 4 nitrogen and oxygen atoms in total. The first kappa shape index (κ1) is 12.9. The van der Waals surface area contributed by atoms with Crippen molar-refractivity contribution in [3.05, 3.63) is 53.0 Å². The zero-order valence-corrected chi connectivity index (χ0v) is 11.7. The van der Waals surface area contributed by atoms with Gasteiger partial charge in [-0.3, -0.25) is 4.79 Å². The Labute approximate surface area is 118 Å².